The van der Waals surface area contributed by atoms with Gasteiger partial charge in [-0.2, -0.15) is 0 Å². The van der Waals surface area contributed by atoms with Crippen LogP contribution in [0.25, 0.3) is 0 Å². The van der Waals surface area contributed by atoms with Gasteiger partial charge in [-0.1, -0.05) is 18.6 Å². The fourth-order valence-electron chi connectivity index (χ4n) is 2.80. The average molecular weight is 278 g/mol. The second-order valence-corrected chi connectivity index (χ2v) is 5.35. The number of carbonyl (C=O) groups is 1. The summed E-state index contributed by atoms with van der Waals surface area (Å²) in [7, 11) is 0. The molecule has 1 heterocycles. The van der Waals surface area contributed by atoms with Gasteiger partial charge in [-0.25, -0.2) is 4.39 Å². The van der Waals surface area contributed by atoms with Gasteiger partial charge in [-0.05, 0) is 50.9 Å². The van der Waals surface area contributed by atoms with Crippen molar-refractivity contribution in [3.8, 4) is 0 Å². The quantitative estimate of drug-likeness (QED) is 0.918. The normalized spacial score (nSPS) is 20.4. The van der Waals surface area contributed by atoms with Crippen molar-refractivity contribution >= 4 is 5.91 Å². The standard InChI is InChI=1S/C16H23FN2O/c1-3-19(16(20)15-6-4-5-11-18-15)12(2)13-7-9-14(17)10-8-13/h7-10,12,15,18H,3-6,11H2,1-2H3. The highest BCUT2D eigenvalue weighted by atomic mass is 19.1. The van der Waals surface area contributed by atoms with Crippen molar-refractivity contribution in [2.24, 2.45) is 0 Å². The molecule has 1 N–H and O–H groups in total. The van der Waals surface area contributed by atoms with Crippen molar-refractivity contribution in [3.63, 3.8) is 0 Å². The van der Waals surface area contributed by atoms with Gasteiger partial charge in [0.1, 0.15) is 5.82 Å². The zero-order chi connectivity index (χ0) is 14.5. The topological polar surface area (TPSA) is 32.3 Å². The van der Waals surface area contributed by atoms with Crippen molar-refractivity contribution < 1.29 is 9.18 Å². The summed E-state index contributed by atoms with van der Waals surface area (Å²) in [4.78, 5) is 14.5. The van der Waals surface area contributed by atoms with E-state index in [4.69, 9.17) is 0 Å². The first-order valence-corrected chi connectivity index (χ1v) is 7.42. The number of piperidine rings is 1. The summed E-state index contributed by atoms with van der Waals surface area (Å²) in [6.07, 6.45) is 3.15. The molecule has 4 heteroatoms. The Morgan fingerprint density at radius 1 is 1.40 bits per heavy atom. The van der Waals surface area contributed by atoms with Crippen LogP contribution in [0.4, 0.5) is 4.39 Å². The number of hydrogen-bond donors (Lipinski definition) is 1. The Balaban J connectivity index is 2.09. The van der Waals surface area contributed by atoms with Gasteiger partial charge < -0.3 is 10.2 Å². The van der Waals surface area contributed by atoms with Gasteiger partial charge in [0.05, 0.1) is 12.1 Å². The van der Waals surface area contributed by atoms with E-state index in [2.05, 4.69) is 5.32 Å². The van der Waals surface area contributed by atoms with Crippen LogP contribution in [0.15, 0.2) is 24.3 Å². The highest BCUT2D eigenvalue weighted by Gasteiger charge is 2.28. The number of benzene rings is 1. The number of rotatable bonds is 4. The monoisotopic (exact) mass is 278 g/mol. The van der Waals surface area contributed by atoms with E-state index < -0.39 is 0 Å². The Morgan fingerprint density at radius 2 is 2.10 bits per heavy atom. The van der Waals surface area contributed by atoms with E-state index >= 15 is 0 Å². The third-order valence-electron chi connectivity index (χ3n) is 4.05. The molecule has 0 aliphatic carbocycles. The fourth-order valence-corrected chi connectivity index (χ4v) is 2.80. The molecule has 1 aliphatic rings. The number of hydrogen-bond acceptors (Lipinski definition) is 2. The van der Waals surface area contributed by atoms with E-state index in [0.29, 0.717) is 6.54 Å². The molecule has 2 atom stereocenters. The van der Waals surface area contributed by atoms with E-state index in [0.717, 1.165) is 31.4 Å². The molecule has 1 aromatic rings. The lowest BCUT2D eigenvalue weighted by Gasteiger charge is -2.33. The van der Waals surface area contributed by atoms with Crippen LogP contribution in [-0.2, 0) is 4.79 Å². The zero-order valence-electron chi connectivity index (χ0n) is 12.2. The first-order valence-electron chi connectivity index (χ1n) is 7.42. The molecule has 0 saturated carbocycles. The molecule has 1 fully saturated rings. The summed E-state index contributed by atoms with van der Waals surface area (Å²) < 4.78 is 13.0. The largest absolute Gasteiger partial charge is 0.335 e. The predicted octanol–water partition coefficient (Wildman–Crippen LogP) is 2.88. The molecule has 0 radical (unpaired) electrons. The van der Waals surface area contributed by atoms with E-state index in [9.17, 15) is 9.18 Å². The van der Waals surface area contributed by atoms with Gasteiger partial charge in [0.25, 0.3) is 0 Å². The predicted molar refractivity (Wildman–Crippen MR) is 77.8 cm³/mol. The maximum atomic E-state index is 13.0. The number of amides is 1. The summed E-state index contributed by atoms with van der Waals surface area (Å²) in [5.41, 5.74) is 0.970. The van der Waals surface area contributed by atoms with Gasteiger partial charge in [-0.3, -0.25) is 4.79 Å². The summed E-state index contributed by atoms with van der Waals surface area (Å²) in [5.74, 6) is -0.0895. The molecule has 1 amide bonds. The fraction of sp³-hybridized carbons (Fsp3) is 0.562. The van der Waals surface area contributed by atoms with E-state index in [1.165, 1.54) is 12.1 Å². The molecule has 1 aromatic carbocycles. The number of likely N-dealkylation sites (N-methyl/N-ethyl adjacent to an activating group) is 1. The Labute approximate surface area is 120 Å². The van der Waals surface area contributed by atoms with Crippen LogP contribution in [0.3, 0.4) is 0 Å². The molecule has 20 heavy (non-hydrogen) atoms. The van der Waals surface area contributed by atoms with E-state index in [1.54, 1.807) is 12.1 Å². The molecule has 0 spiro atoms. The average Bonchev–Trinajstić information content (AvgIpc) is 2.49. The van der Waals surface area contributed by atoms with Gasteiger partial charge in [0, 0.05) is 6.54 Å². The molecule has 3 nitrogen and oxygen atoms in total. The molecule has 0 aromatic heterocycles. The number of carbonyl (C=O) groups excluding carboxylic acids is 1. The smallest absolute Gasteiger partial charge is 0.240 e. The van der Waals surface area contributed by atoms with Crippen LogP contribution < -0.4 is 5.32 Å². The van der Waals surface area contributed by atoms with Gasteiger partial charge in [0.2, 0.25) is 5.91 Å². The number of halogens is 1. The molecular weight excluding hydrogens is 255 g/mol. The van der Waals surface area contributed by atoms with Crippen molar-refractivity contribution in [1.29, 1.82) is 0 Å². The van der Waals surface area contributed by atoms with Crippen LogP contribution >= 0.6 is 0 Å². The highest BCUT2D eigenvalue weighted by molar-refractivity contribution is 5.82. The van der Waals surface area contributed by atoms with Gasteiger partial charge in [0.15, 0.2) is 0 Å². The van der Waals surface area contributed by atoms with Crippen LogP contribution in [0.1, 0.15) is 44.7 Å². The SMILES string of the molecule is CCN(C(=O)C1CCCCN1)C(C)c1ccc(F)cc1. The maximum Gasteiger partial charge on any atom is 0.240 e. The number of nitrogens with one attached hydrogen (secondary N) is 1. The first-order chi connectivity index (χ1) is 9.63. The third kappa shape index (κ3) is 3.37. The lowest BCUT2D eigenvalue weighted by molar-refractivity contribution is -0.136. The van der Waals surface area contributed by atoms with Crippen LogP contribution in [0, 0.1) is 5.82 Å². The molecule has 0 bridgehead atoms. The maximum absolute atomic E-state index is 13.0. The first kappa shape index (κ1) is 15.0. The summed E-state index contributed by atoms with van der Waals surface area (Å²) in [6, 6.07) is 6.31. The molecule has 110 valence electrons. The number of nitrogens with zero attached hydrogens (tertiary/aromatic N) is 1. The molecule has 1 saturated heterocycles. The van der Waals surface area contributed by atoms with Crippen molar-refractivity contribution in [2.45, 2.75) is 45.2 Å². The van der Waals surface area contributed by atoms with Crippen molar-refractivity contribution in [2.75, 3.05) is 13.1 Å². The zero-order valence-corrected chi connectivity index (χ0v) is 12.2. The molecule has 2 unspecified atom stereocenters. The summed E-state index contributed by atoms with van der Waals surface area (Å²) in [5, 5.41) is 3.30. The molecule has 1 aliphatic heterocycles. The van der Waals surface area contributed by atoms with Gasteiger partial charge >= 0.3 is 0 Å². The molecule has 2 rings (SSSR count). The highest BCUT2D eigenvalue weighted by Crippen LogP contribution is 2.22. The Morgan fingerprint density at radius 3 is 2.65 bits per heavy atom. The third-order valence-corrected chi connectivity index (χ3v) is 4.05. The summed E-state index contributed by atoms with van der Waals surface area (Å²) >= 11 is 0. The summed E-state index contributed by atoms with van der Waals surface area (Å²) in [6.45, 7) is 5.56. The second-order valence-electron chi connectivity index (χ2n) is 5.35. The van der Waals surface area contributed by atoms with Crippen LogP contribution in [-0.4, -0.2) is 29.9 Å². The minimum atomic E-state index is -0.246. The van der Waals surface area contributed by atoms with Crippen molar-refractivity contribution in [3.05, 3.63) is 35.6 Å². The second kappa shape index (κ2) is 6.84. The van der Waals surface area contributed by atoms with Crippen molar-refractivity contribution in [1.82, 2.24) is 10.2 Å². The minimum absolute atomic E-state index is 0.0307. The Bertz CT molecular complexity index is 440. The lowest BCUT2D eigenvalue weighted by Crippen LogP contribution is -2.49. The van der Waals surface area contributed by atoms with E-state index in [1.807, 2.05) is 18.7 Å². The van der Waals surface area contributed by atoms with Crippen LogP contribution in [0.2, 0.25) is 0 Å². The van der Waals surface area contributed by atoms with Gasteiger partial charge in [-0.15, -0.1) is 0 Å². The minimum Gasteiger partial charge on any atom is -0.335 e. The Kier molecular flexibility index (Phi) is 5.12. The molecular formula is C16H23FN2O. The Hall–Kier alpha value is -1.42. The lowest BCUT2D eigenvalue weighted by atomic mass is 10.0. The van der Waals surface area contributed by atoms with Crippen LogP contribution in [0.5, 0.6) is 0 Å². The van der Waals surface area contributed by atoms with E-state index in [-0.39, 0.29) is 23.8 Å².